The molecule has 0 aliphatic rings. The highest BCUT2D eigenvalue weighted by atomic mass is 32.1. The number of carbonyl (C=O) groups excluding carboxylic acids is 1. The van der Waals surface area contributed by atoms with E-state index in [0.29, 0.717) is 17.0 Å². The molecule has 3 aromatic rings. The summed E-state index contributed by atoms with van der Waals surface area (Å²) in [5.74, 6) is -1.12. The summed E-state index contributed by atoms with van der Waals surface area (Å²) in [7, 11) is 0. The maximum absolute atomic E-state index is 12.3. The van der Waals surface area contributed by atoms with Crippen molar-refractivity contribution < 1.29 is 19.1 Å². The monoisotopic (exact) mass is 394 g/mol. The Balaban J connectivity index is 1.73. The zero-order valence-corrected chi connectivity index (χ0v) is 16.1. The molecule has 2 aromatic carbocycles. The van der Waals surface area contributed by atoms with E-state index in [4.69, 9.17) is 21.7 Å². The van der Waals surface area contributed by atoms with Crippen molar-refractivity contribution in [3.05, 3.63) is 77.0 Å². The van der Waals surface area contributed by atoms with E-state index in [-0.39, 0.29) is 16.8 Å². The Labute approximate surface area is 167 Å². The first kappa shape index (κ1) is 19.3. The van der Waals surface area contributed by atoms with Crippen molar-refractivity contribution in [2.75, 3.05) is 5.32 Å². The molecule has 0 unspecified atom stereocenters. The largest absolute Gasteiger partial charge is 0.475 e. The van der Waals surface area contributed by atoms with Crippen molar-refractivity contribution in [2.45, 2.75) is 13.8 Å². The molecule has 0 saturated carbocycles. The molecular formula is C21H18N2O4S. The molecule has 3 N–H and O–H groups in total. The predicted molar refractivity (Wildman–Crippen MR) is 111 cm³/mol. The second-order valence-corrected chi connectivity index (χ2v) is 6.68. The van der Waals surface area contributed by atoms with Crippen LogP contribution in [0.5, 0.6) is 0 Å². The van der Waals surface area contributed by atoms with Crippen LogP contribution < -0.4 is 10.6 Å². The quantitative estimate of drug-likeness (QED) is 0.569. The third-order valence-electron chi connectivity index (χ3n) is 4.12. The topological polar surface area (TPSA) is 91.6 Å². The number of thiocarbonyl (C=S) groups is 1. The molecule has 28 heavy (non-hydrogen) atoms. The van der Waals surface area contributed by atoms with Crippen LogP contribution in [0.3, 0.4) is 0 Å². The van der Waals surface area contributed by atoms with Crippen molar-refractivity contribution >= 4 is 34.9 Å². The summed E-state index contributed by atoms with van der Waals surface area (Å²) in [5, 5.41) is 14.8. The number of rotatable bonds is 4. The Morgan fingerprint density at radius 2 is 1.71 bits per heavy atom. The number of carbonyl (C=O) groups is 2. The van der Waals surface area contributed by atoms with Crippen LogP contribution in [-0.2, 0) is 0 Å². The fourth-order valence-corrected chi connectivity index (χ4v) is 2.82. The molecule has 0 radical (unpaired) electrons. The smallest absolute Gasteiger partial charge is 0.371 e. The molecule has 0 atom stereocenters. The van der Waals surface area contributed by atoms with Crippen LogP contribution in [-0.4, -0.2) is 22.1 Å². The van der Waals surface area contributed by atoms with E-state index in [1.54, 1.807) is 24.3 Å². The van der Waals surface area contributed by atoms with E-state index >= 15 is 0 Å². The van der Waals surface area contributed by atoms with Crippen LogP contribution >= 0.6 is 12.2 Å². The molecule has 7 heteroatoms. The number of benzene rings is 2. The maximum Gasteiger partial charge on any atom is 0.371 e. The molecule has 3 rings (SSSR count). The van der Waals surface area contributed by atoms with Gasteiger partial charge in [0.15, 0.2) is 5.11 Å². The Kier molecular flexibility index (Phi) is 5.56. The molecule has 0 spiro atoms. The van der Waals surface area contributed by atoms with Crippen molar-refractivity contribution in [2.24, 2.45) is 0 Å². The normalized spacial score (nSPS) is 10.4. The number of nitrogens with one attached hydrogen (secondary N) is 2. The molecular weight excluding hydrogens is 376 g/mol. The molecule has 0 aliphatic carbocycles. The van der Waals surface area contributed by atoms with Gasteiger partial charge >= 0.3 is 5.97 Å². The lowest BCUT2D eigenvalue weighted by Gasteiger charge is -2.12. The zero-order valence-electron chi connectivity index (χ0n) is 15.3. The minimum Gasteiger partial charge on any atom is -0.475 e. The van der Waals surface area contributed by atoms with Gasteiger partial charge in [0.2, 0.25) is 5.76 Å². The second kappa shape index (κ2) is 8.06. The van der Waals surface area contributed by atoms with Gasteiger partial charge < -0.3 is 14.8 Å². The van der Waals surface area contributed by atoms with E-state index in [1.165, 1.54) is 6.07 Å². The van der Waals surface area contributed by atoms with Gasteiger partial charge in [-0.2, -0.15) is 0 Å². The van der Waals surface area contributed by atoms with Crippen LogP contribution in [0.15, 0.2) is 59.0 Å². The lowest BCUT2D eigenvalue weighted by molar-refractivity contribution is 0.0663. The zero-order chi connectivity index (χ0) is 20.3. The number of hydrogen-bond acceptors (Lipinski definition) is 4. The van der Waals surface area contributed by atoms with Crippen molar-refractivity contribution in [3.63, 3.8) is 0 Å². The molecule has 1 heterocycles. The molecule has 142 valence electrons. The van der Waals surface area contributed by atoms with Crippen LogP contribution in [0.4, 0.5) is 5.69 Å². The van der Waals surface area contributed by atoms with Crippen LogP contribution in [0.1, 0.15) is 32.0 Å². The first-order valence-corrected chi connectivity index (χ1v) is 8.87. The molecule has 0 fully saturated rings. The Morgan fingerprint density at radius 3 is 2.36 bits per heavy atom. The van der Waals surface area contributed by atoms with Gasteiger partial charge in [-0.25, -0.2) is 4.79 Å². The molecule has 0 saturated heterocycles. The van der Waals surface area contributed by atoms with Crippen molar-refractivity contribution in [3.8, 4) is 11.3 Å². The highest BCUT2D eigenvalue weighted by Crippen LogP contribution is 2.28. The predicted octanol–water partition coefficient (Wildman–Crippen LogP) is 4.39. The maximum atomic E-state index is 12.3. The Hall–Kier alpha value is -3.45. The SMILES string of the molecule is Cc1ccc(C(=O)NC(=S)Nc2ccc(C)c(-c3ccc(C(=O)O)o3)c2)cc1. The summed E-state index contributed by atoms with van der Waals surface area (Å²) in [4.78, 5) is 23.3. The van der Waals surface area contributed by atoms with Gasteiger partial charge in [-0.05, 0) is 68.0 Å². The van der Waals surface area contributed by atoms with E-state index in [2.05, 4.69) is 10.6 Å². The number of carboxylic acid groups (broad SMARTS) is 1. The van der Waals surface area contributed by atoms with Gasteiger partial charge in [-0.15, -0.1) is 0 Å². The van der Waals surface area contributed by atoms with Crippen molar-refractivity contribution in [1.29, 1.82) is 0 Å². The first-order valence-electron chi connectivity index (χ1n) is 8.46. The van der Waals surface area contributed by atoms with E-state index in [9.17, 15) is 9.59 Å². The summed E-state index contributed by atoms with van der Waals surface area (Å²) < 4.78 is 5.37. The second-order valence-electron chi connectivity index (χ2n) is 6.27. The molecule has 1 amide bonds. The minimum absolute atomic E-state index is 0.131. The summed E-state index contributed by atoms with van der Waals surface area (Å²) in [6.07, 6.45) is 0. The average Bonchev–Trinajstić information content (AvgIpc) is 3.14. The summed E-state index contributed by atoms with van der Waals surface area (Å²) in [5.41, 5.74) is 3.85. The number of carboxylic acids is 1. The third-order valence-corrected chi connectivity index (χ3v) is 4.32. The van der Waals surface area contributed by atoms with Gasteiger partial charge in [0.25, 0.3) is 5.91 Å². The minimum atomic E-state index is -1.13. The molecule has 6 nitrogen and oxygen atoms in total. The Bertz CT molecular complexity index is 1050. The van der Waals surface area contributed by atoms with E-state index in [1.807, 2.05) is 38.1 Å². The van der Waals surface area contributed by atoms with Crippen LogP contribution in [0.2, 0.25) is 0 Å². The number of furan rings is 1. The first-order chi connectivity index (χ1) is 13.3. The highest BCUT2D eigenvalue weighted by molar-refractivity contribution is 7.80. The number of hydrogen-bond donors (Lipinski definition) is 3. The van der Waals surface area contributed by atoms with Gasteiger partial charge in [0, 0.05) is 16.8 Å². The molecule has 0 bridgehead atoms. The standard InChI is InChI=1S/C21H18N2O4S/c1-12-3-6-14(7-4-12)19(24)23-21(28)22-15-8-5-13(2)16(11-15)17-9-10-18(27-17)20(25)26/h3-11H,1-2H3,(H,25,26)(H2,22,23,24,28). The number of amides is 1. The van der Waals surface area contributed by atoms with Gasteiger partial charge in [0.05, 0.1) is 0 Å². The molecule has 0 aliphatic heterocycles. The summed E-state index contributed by atoms with van der Waals surface area (Å²) in [6, 6.07) is 15.6. The lowest BCUT2D eigenvalue weighted by atomic mass is 10.1. The van der Waals surface area contributed by atoms with Gasteiger partial charge in [-0.3, -0.25) is 10.1 Å². The summed E-state index contributed by atoms with van der Waals surface area (Å²) >= 11 is 5.22. The third kappa shape index (κ3) is 4.44. The number of aromatic carboxylic acids is 1. The summed E-state index contributed by atoms with van der Waals surface area (Å²) in [6.45, 7) is 3.83. The number of aryl methyl sites for hydroxylation is 2. The molecule has 1 aromatic heterocycles. The fourth-order valence-electron chi connectivity index (χ4n) is 2.61. The lowest BCUT2D eigenvalue weighted by Crippen LogP contribution is -2.34. The fraction of sp³-hybridized carbons (Fsp3) is 0.0952. The highest BCUT2D eigenvalue weighted by Gasteiger charge is 2.13. The average molecular weight is 394 g/mol. The van der Waals surface area contributed by atoms with Gasteiger partial charge in [0.1, 0.15) is 5.76 Å². The van der Waals surface area contributed by atoms with E-state index < -0.39 is 5.97 Å². The Morgan fingerprint density at radius 1 is 1.00 bits per heavy atom. The van der Waals surface area contributed by atoms with E-state index in [0.717, 1.165) is 16.7 Å². The van der Waals surface area contributed by atoms with Crippen LogP contribution in [0.25, 0.3) is 11.3 Å². The number of anilines is 1. The van der Waals surface area contributed by atoms with Crippen molar-refractivity contribution in [1.82, 2.24) is 5.32 Å². The van der Waals surface area contributed by atoms with Gasteiger partial charge in [-0.1, -0.05) is 23.8 Å². The van der Waals surface area contributed by atoms with Crippen LogP contribution in [0, 0.1) is 13.8 Å².